The molecular formula is C16H17NO3. The van der Waals surface area contributed by atoms with Gasteiger partial charge in [-0.05, 0) is 48.9 Å². The number of phenols is 1. The summed E-state index contributed by atoms with van der Waals surface area (Å²) in [4.78, 5) is 13.9. The highest BCUT2D eigenvalue weighted by atomic mass is 16.5. The molecule has 4 nitrogen and oxygen atoms in total. The van der Waals surface area contributed by atoms with Crippen molar-refractivity contribution in [3.8, 4) is 11.5 Å². The third-order valence-electron chi connectivity index (χ3n) is 3.20. The number of benzene rings is 2. The van der Waals surface area contributed by atoms with Crippen LogP contribution >= 0.6 is 0 Å². The molecule has 0 heterocycles. The number of anilines is 1. The fourth-order valence-electron chi connectivity index (χ4n) is 1.94. The number of carbonyl (C=O) groups is 1. The standard InChI is InChI=1S/C16H17NO3/c1-11-4-5-12(10-15(11)20-3)16(19)17(2)13-6-8-14(18)9-7-13/h4-10,18H,1-3H3. The predicted molar refractivity (Wildman–Crippen MR) is 78.6 cm³/mol. The lowest BCUT2D eigenvalue weighted by atomic mass is 10.1. The van der Waals surface area contributed by atoms with E-state index in [-0.39, 0.29) is 11.7 Å². The fourth-order valence-corrected chi connectivity index (χ4v) is 1.94. The molecule has 0 fully saturated rings. The molecule has 2 aromatic rings. The lowest BCUT2D eigenvalue weighted by molar-refractivity contribution is 0.0992. The summed E-state index contributed by atoms with van der Waals surface area (Å²) in [6.45, 7) is 1.93. The van der Waals surface area contributed by atoms with Crippen molar-refractivity contribution < 1.29 is 14.6 Å². The van der Waals surface area contributed by atoms with E-state index in [0.717, 1.165) is 5.56 Å². The highest BCUT2D eigenvalue weighted by Gasteiger charge is 2.14. The van der Waals surface area contributed by atoms with E-state index >= 15 is 0 Å². The molecule has 1 N–H and O–H groups in total. The molecule has 0 bridgehead atoms. The molecule has 0 saturated carbocycles. The van der Waals surface area contributed by atoms with Crippen LogP contribution in [-0.4, -0.2) is 25.2 Å². The molecule has 1 amide bonds. The second-order valence-electron chi connectivity index (χ2n) is 4.56. The van der Waals surface area contributed by atoms with Crippen molar-refractivity contribution in [1.82, 2.24) is 0 Å². The zero-order valence-electron chi connectivity index (χ0n) is 11.8. The zero-order valence-corrected chi connectivity index (χ0v) is 11.8. The van der Waals surface area contributed by atoms with Crippen LogP contribution in [0.15, 0.2) is 42.5 Å². The van der Waals surface area contributed by atoms with Crippen LogP contribution in [0.2, 0.25) is 0 Å². The van der Waals surface area contributed by atoms with Crippen molar-refractivity contribution in [2.75, 3.05) is 19.1 Å². The van der Waals surface area contributed by atoms with Crippen molar-refractivity contribution in [3.05, 3.63) is 53.6 Å². The molecule has 0 unspecified atom stereocenters. The Morgan fingerprint density at radius 2 is 1.80 bits per heavy atom. The number of methoxy groups -OCH3 is 1. The van der Waals surface area contributed by atoms with Crippen LogP contribution in [0.1, 0.15) is 15.9 Å². The Morgan fingerprint density at radius 3 is 2.40 bits per heavy atom. The second kappa shape index (κ2) is 5.65. The number of carbonyl (C=O) groups excluding carboxylic acids is 1. The van der Waals surface area contributed by atoms with E-state index in [1.165, 1.54) is 4.90 Å². The van der Waals surface area contributed by atoms with Crippen LogP contribution in [0.3, 0.4) is 0 Å². The summed E-state index contributed by atoms with van der Waals surface area (Å²) in [5.41, 5.74) is 2.26. The van der Waals surface area contributed by atoms with Gasteiger partial charge in [-0.25, -0.2) is 0 Å². The smallest absolute Gasteiger partial charge is 0.258 e. The van der Waals surface area contributed by atoms with Gasteiger partial charge in [-0.3, -0.25) is 4.79 Å². The molecule has 2 rings (SSSR count). The summed E-state index contributed by atoms with van der Waals surface area (Å²) >= 11 is 0. The molecule has 20 heavy (non-hydrogen) atoms. The molecule has 0 saturated heterocycles. The molecule has 0 aliphatic rings. The van der Waals surface area contributed by atoms with E-state index in [4.69, 9.17) is 4.74 Å². The molecule has 0 aromatic heterocycles. The van der Waals surface area contributed by atoms with Gasteiger partial charge in [0.15, 0.2) is 0 Å². The molecule has 104 valence electrons. The van der Waals surface area contributed by atoms with Crippen molar-refractivity contribution in [3.63, 3.8) is 0 Å². The first-order chi connectivity index (χ1) is 9.52. The van der Waals surface area contributed by atoms with Crippen LogP contribution in [0.4, 0.5) is 5.69 Å². The average molecular weight is 271 g/mol. The number of phenolic OH excluding ortho intramolecular Hbond substituents is 1. The Morgan fingerprint density at radius 1 is 1.15 bits per heavy atom. The number of amides is 1. The lowest BCUT2D eigenvalue weighted by Gasteiger charge is -2.18. The molecule has 0 aliphatic heterocycles. The molecular weight excluding hydrogens is 254 g/mol. The predicted octanol–water partition coefficient (Wildman–Crippen LogP) is 2.99. The second-order valence-corrected chi connectivity index (χ2v) is 4.56. The fraction of sp³-hybridized carbons (Fsp3) is 0.188. The Hall–Kier alpha value is -2.49. The third-order valence-corrected chi connectivity index (χ3v) is 3.20. The van der Waals surface area contributed by atoms with Gasteiger partial charge in [0.05, 0.1) is 7.11 Å². The monoisotopic (exact) mass is 271 g/mol. The van der Waals surface area contributed by atoms with E-state index < -0.39 is 0 Å². The van der Waals surface area contributed by atoms with Gasteiger partial charge in [0.25, 0.3) is 5.91 Å². The van der Waals surface area contributed by atoms with Gasteiger partial charge in [-0.1, -0.05) is 6.07 Å². The van der Waals surface area contributed by atoms with Crippen LogP contribution < -0.4 is 9.64 Å². The number of aryl methyl sites for hydroxylation is 1. The average Bonchev–Trinajstić information content (AvgIpc) is 2.47. The van der Waals surface area contributed by atoms with Crippen molar-refractivity contribution in [2.45, 2.75) is 6.92 Å². The van der Waals surface area contributed by atoms with Gasteiger partial charge in [-0.15, -0.1) is 0 Å². The summed E-state index contributed by atoms with van der Waals surface area (Å²) in [5, 5.41) is 9.27. The van der Waals surface area contributed by atoms with Gasteiger partial charge in [0.2, 0.25) is 0 Å². The van der Waals surface area contributed by atoms with Gasteiger partial charge in [0.1, 0.15) is 11.5 Å². The highest BCUT2D eigenvalue weighted by Crippen LogP contribution is 2.23. The first-order valence-electron chi connectivity index (χ1n) is 6.24. The topological polar surface area (TPSA) is 49.8 Å². The Kier molecular flexibility index (Phi) is 3.94. The Balaban J connectivity index is 2.28. The normalized spacial score (nSPS) is 10.2. The summed E-state index contributed by atoms with van der Waals surface area (Å²) in [6, 6.07) is 11.9. The van der Waals surface area contributed by atoms with Crippen LogP contribution in [0.25, 0.3) is 0 Å². The third kappa shape index (κ3) is 2.74. The number of hydrogen-bond donors (Lipinski definition) is 1. The number of hydrogen-bond acceptors (Lipinski definition) is 3. The largest absolute Gasteiger partial charge is 0.508 e. The maximum Gasteiger partial charge on any atom is 0.258 e. The SMILES string of the molecule is COc1cc(C(=O)N(C)c2ccc(O)cc2)ccc1C. The summed E-state index contributed by atoms with van der Waals surface area (Å²) in [6.07, 6.45) is 0. The summed E-state index contributed by atoms with van der Waals surface area (Å²) in [7, 11) is 3.28. The van der Waals surface area contributed by atoms with Crippen molar-refractivity contribution >= 4 is 11.6 Å². The van der Waals surface area contributed by atoms with E-state index in [1.807, 2.05) is 13.0 Å². The number of nitrogens with zero attached hydrogens (tertiary/aromatic N) is 1. The highest BCUT2D eigenvalue weighted by molar-refractivity contribution is 6.06. The molecule has 0 spiro atoms. The maximum absolute atomic E-state index is 12.4. The quantitative estimate of drug-likeness (QED) is 0.933. The minimum Gasteiger partial charge on any atom is -0.508 e. The number of rotatable bonds is 3. The molecule has 2 aromatic carbocycles. The first kappa shape index (κ1) is 13.9. The van der Waals surface area contributed by atoms with Gasteiger partial charge in [-0.2, -0.15) is 0 Å². The van der Waals surface area contributed by atoms with E-state index in [0.29, 0.717) is 17.0 Å². The van der Waals surface area contributed by atoms with E-state index in [9.17, 15) is 9.90 Å². The minimum absolute atomic E-state index is 0.131. The number of aromatic hydroxyl groups is 1. The molecule has 4 heteroatoms. The Bertz CT molecular complexity index is 620. The van der Waals surface area contributed by atoms with E-state index in [1.54, 1.807) is 50.6 Å². The molecule has 0 aliphatic carbocycles. The maximum atomic E-state index is 12.4. The van der Waals surface area contributed by atoms with Crippen LogP contribution in [-0.2, 0) is 0 Å². The summed E-state index contributed by atoms with van der Waals surface area (Å²) < 4.78 is 5.23. The number of ether oxygens (including phenoxy) is 1. The lowest BCUT2D eigenvalue weighted by Crippen LogP contribution is -2.26. The summed E-state index contributed by atoms with van der Waals surface area (Å²) in [5.74, 6) is 0.732. The first-order valence-corrected chi connectivity index (χ1v) is 6.24. The van der Waals surface area contributed by atoms with E-state index in [2.05, 4.69) is 0 Å². The minimum atomic E-state index is -0.131. The molecule has 0 atom stereocenters. The van der Waals surface area contributed by atoms with Gasteiger partial charge in [0, 0.05) is 18.3 Å². The van der Waals surface area contributed by atoms with Crippen LogP contribution in [0.5, 0.6) is 11.5 Å². The van der Waals surface area contributed by atoms with Crippen molar-refractivity contribution in [2.24, 2.45) is 0 Å². The Labute approximate surface area is 118 Å². The van der Waals surface area contributed by atoms with Gasteiger partial charge < -0.3 is 14.7 Å². The van der Waals surface area contributed by atoms with Crippen molar-refractivity contribution in [1.29, 1.82) is 0 Å². The van der Waals surface area contributed by atoms with Crippen LogP contribution in [0, 0.1) is 6.92 Å². The zero-order chi connectivity index (χ0) is 14.7. The molecule has 0 radical (unpaired) electrons. The van der Waals surface area contributed by atoms with Gasteiger partial charge >= 0.3 is 0 Å².